The van der Waals surface area contributed by atoms with Gasteiger partial charge >= 0.3 is 0 Å². The van der Waals surface area contributed by atoms with Gasteiger partial charge in [-0.1, -0.05) is 6.07 Å². The van der Waals surface area contributed by atoms with Crippen LogP contribution in [0, 0.1) is 6.92 Å². The van der Waals surface area contributed by atoms with Gasteiger partial charge in [0.25, 0.3) is 0 Å². The van der Waals surface area contributed by atoms with E-state index in [2.05, 4.69) is 0 Å². The maximum absolute atomic E-state index is 11.8. The predicted octanol–water partition coefficient (Wildman–Crippen LogP) is 1.66. The first-order valence-electron chi connectivity index (χ1n) is 4.53. The summed E-state index contributed by atoms with van der Waals surface area (Å²) in [7, 11) is 0. The Morgan fingerprint density at radius 1 is 1.43 bits per heavy atom. The van der Waals surface area contributed by atoms with Crippen molar-refractivity contribution in [2.75, 3.05) is 0 Å². The Bertz CT molecular complexity index is 584. The highest BCUT2D eigenvalue weighted by molar-refractivity contribution is 5.86. The lowest BCUT2D eigenvalue weighted by Crippen LogP contribution is -2.09. The molecule has 0 unspecified atom stereocenters. The monoisotopic (exact) mass is 187 g/mol. The molecule has 0 amide bonds. The van der Waals surface area contributed by atoms with Crippen molar-refractivity contribution >= 4 is 10.9 Å². The number of nitrogens with zero attached hydrogens (tertiary/aromatic N) is 1. The number of benzene rings is 1. The normalized spacial score (nSPS) is 13.2. The molecule has 1 aliphatic rings. The molecule has 70 valence electrons. The standard InChI is InChI=1S/C11H9NO2/c1-7-5-12-6-14-9-4-2-3-8(10(9)12)11(7)13/h2-5H,6H2,1H3. The first-order chi connectivity index (χ1) is 6.77. The van der Waals surface area contributed by atoms with Gasteiger partial charge in [0.1, 0.15) is 5.75 Å². The third kappa shape index (κ3) is 0.789. The van der Waals surface area contributed by atoms with Crippen LogP contribution in [-0.4, -0.2) is 4.57 Å². The second-order valence-electron chi connectivity index (χ2n) is 3.54. The molecule has 0 aliphatic carbocycles. The zero-order valence-electron chi connectivity index (χ0n) is 7.78. The van der Waals surface area contributed by atoms with Gasteiger partial charge in [0.05, 0.1) is 5.52 Å². The summed E-state index contributed by atoms with van der Waals surface area (Å²) in [6.07, 6.45) is 1.85. The lowest BCUT2D eigenvalue weighted by atomic mass is 10.1. The quantitative estimate of drug-likeness (QED) is 0.628. The Balaban J connectivity index is 2.64. The van der Waals surface area contributed by atoms with Crippen LogP contribution in [0.3, 0.4) is 0 Å². The third-order valence-corrected chi connectivity index (χ3v) is 2.60. The number of pyridine rings is 1. The third-order valence-electron chi connectivity index (χ3n) is 2.60. The van der Waals surface area contributed by atoms with Crippen LogP contribution >= 0.6 is 0 Å². The lowest BCUT2D eigenvalue weighted by molar-refractivity contribution is 0.270. The molecule has 3 nitrogen and oxygen atoms in total. The molecular weight excluding hydrogens is 178 g/mol. The van der Waals surface area contributed by atoms with E-state index in [0.717, 1.165) is 22.2 Å². The molecule has 3 rings (SSSR count). The van der Waals surface area contributed by atoms with Gasteiger partial charge in [-0.3, -0.25) is 4.79 Å². The fraction of sp³-hybridized carbons (Fsp3) is 0.182. The fourth-order valence-electron chi connectivity index (χ4n) is 1.93. The smallest absolute Gasteiger partial charge is 0.192 e. The van der Waals surface area contributed by atoms with E-state index >= 15 is 0 Å². The summed E-state index contributed by atoms with van der Waals surface area (Å²) < 4.78 is 7.42. The highest BCUT2D eigenvalue weighted by Gasteiger charge is 2.15. The van der Waals surface area contributed by atoms with Crippen molar-refractivity contribution in [2.45, 2.75) is 13.7 Å². The van der Waals surface area contributed by atoms with Gasteiger partial charge in [-0.25, -0.2) is 0 Å². The van der Waals surface area contributed by atoms with E-state index in [0.29, 0.717) is 6.73 Å². The van der Waals surface area contributed by atoms with Gasteiger partial charge in [-0.2, -0.15) is 0 Å². The number of hydrogen-bond acceptors (Lipinski definition) is 2. The van der Waals surface area contributed by atoms with Gasteiger partial charge in [0.2, 0.25) is 0 Å². The summed E-state index contributed by atoms with van der Waals surface area (Å²) in [5, 5.41) is 0.750. The number of ether oxygens (including phenoxy) is 1. The highest BCUT2D eigenvalue weighted by atomic mass is 16.5. The van der Waals surface area contributed by atoms with Crippen LogP contribution in [0.4, 0.5) is 0 Å². The molecular formula is C11H9NO2. The Hall–Kier alpha value is -1.77. The molecule has 0 atom stereocenters. The van der Waals surface area contributed by atoms with Gasteiger partial charge in [0, 0.05) is 17.1 Å². The van der Waals surface area contributed by atoms with E-state index in [1.54, 1.807) is 0 Å². The lowest BCUT2D eigenvalue weighted by Gasteiger charge is -2.01. The average molecular weight is 187 g/mol. The molecule has 3 heteroatoms. The van der Waals surface area contributed by atoms with E-state index in [1.807, 2.05) is 35.9 Å². The number of aryl methyl sites for hydroxylation is 1. The number of aromatic nitrogens is 1. The maximum Gasteiger partial charge on any atom is 0.192 e. The van der Waals surface area contributed by atoms with Crippen LogP contribution in [0.15, 0.2) is 29.2 Å². The Morgan fingerprint density at radius 3 is 3.14 bits per heavy atom. The van der Waals surface area contributed by atoms with Crippen LogP contribution in [-0.2, 0) is 6.73 Å². The Morgan fingerprint density at radius 2 is 2.29 bits per heavy atom. The van der Waals surface area contributed by atoms with Crippen molar-refractivity contribution in [3.05, 3.63) is 40.2 Å². The summed E-state index contributed by atoms with van der Waals surface area (Å²) >= 11 is 0. The topological polar surface area (TPSA) is 31.2 Å². The minimum atomic E-state index is 0.101. The number of para-hydroxylation sites is 1. The van der Waals surface area contributed by atoms with Crippen LogP contribution in [0.25, 0.3) is 10.9 Å². The van der Waals surface area contributed by atoms with Gasteiger partial charge < -0.3 is 9.30 Å². The van der Waals surface area contributed by atoms with Crippen molar-refractivity contribution in [2.24, 2.45) is 0 Å². The van der Waals surface area contributed by atoms with Crippen molar-refractivity contribution in [1.29, 1.82) is 0 Å². The second kappa shape index (κ2) is 2.38. The van der Waals surface area contributed by atoms with E-state index in [4.69, 9.17) is 4.74 Å². The van der Waals surface area contributed by atoms with Gasteiger partial charge in [-0.15, -0.1) is 0 Å². The Labute approximate surface area is 80.5 Å². The van der Waals surface area contributed by atoms with Crippen LogP contribution in [0.2, 0.25) is 0 Å². The molecule has 2 heterocycles. The molecule has 1 aromatic heterocycles. The first kappa shape index (κ1) is 7.62. The van der Waals surface area contributed by atoms with Crippen LogP contribution in [0.1, 0.15) is 5.56 Å². The van der Waals surface area contributed by atoms with Crippen molar-refractivity contribution in [3.63, 3.8) is 0 Å². The summed E-state index contributed by atoms with van der Waals surface area (Å²) in [5.41, 5.74) is 1.78. The largest absolute Gasteiger partial charge is 0.471 e. The van der Waals surface area contributed by atoms with E-state index in [9.17, 15) is 4.79 Å². The highest BCUT2D eigenvalue weighted by Crippen LogP contribution is 2.28. The van der Waals surface area contributed by atoms with Gasteiger partial charge in [0.15, 0.2) is 12.2 Å². The molecule has 0 N–H and O–H groups in total. The molecule has 0 bridgehead atoms. The van der Waals surface area contributed by atoms with Crippen molar-refractivity contribution in [1.82, 2.24) is 4.57 Å². The van der Waals surface area contributed by atoms with E-state index < -0.39 is 0 Å². The molecule has 0 saturated heterocycles. The minimum absolute atomic E-state index is 0.101. The summed E-state index contributed by atoms with van der Waals surface area (Å²) in [6.45, 7) is 2.34. The minimum Gasteiger partial charge on any atom is -0.471 e. The predicted molar refractivity (Wildman–Crippen MR) is 53.6 cm³/mol. The van der Waals surface area contributed by atoms with Crippen molar-refractivity contribution in [3.8, 4) is 5.75 Å². The van der Waals surface area contributed by atoms with Crippen molar-refractivity contribution < 1.29 is 4.74 Å². The summed E-state index contributed by atoms with van der Waals surface area (Å²) in [4.78, 5) is 11.8. The molecule has 0 saturated carbocycles. The van der Waals surface area contributed by atoms with Crippen LogP contribution < -0.4 is 10.2 Å². The summed E-state index contributed by atoms with van der Waals surface area (Å²) in [5.74, 6) is 0.805. The summed E-state index contributed by atoms with van der Waals surface area (Å²) in [6, 6.07) is 5.59. The molecule has 0 spiro atoms. The SMILES string of the molecule is Cc1cn2c3c(cccc3c1=O)OC2. The second-order valence-corrected chi connectivity index (χ2v) is 3.54. The Kier molecular flexibility index (Phi) is 1.29. The van der Waals surface area contributed by atoms with E-state index in [-0.39, 0.29) is 5.43 Å². The zero-order valence-corrected chi connectivity index (χ0v) is 7.78. The molecule has 0 fully saturated rings. The van der Waals surface area contributed by atoms with Gasteiger partial charge in [-0.05, 0) is 19.1 Å². The zero-order chi connectivity index (χ0) is 9.71. The first-order valence-corrected chi connectivity index (χ1v) is 4.53. The maximum atomic E-state index is 11.8. The average Bonchev–Trinajstić information content (AvgIpc) is 2.59. The van der Waals surface area contributed by atoms with Crippen LogP contribution in [0.5, 0.6) is 5.75 Å². The van der Waals surface area contributed by atoms with E-state index in [1.165, 1.54) is 0 Å². The molecule has 2 aromatic rings. The molecule has 1 aliphatic heterocycles. The molecule has 0 radical (unpaired) electrons. The molecule has 1 aromatic carbocycles. The fourth-order valence-corrected chi connectivity index (χ4v) is 1.93. The number of hydrogen-bond donors (Lipinski definition) is 0. The number of rotatable bonds is 0. The molecule has 14 heavy (non-hydrogen) atoms.